The summed E-state index contributed by atoms with van der Waals surface area (Å²) >= 11 is 0. The molecule has 1 radical (unpaired) electrons. The van der Waals surface area contributed by atoms with Crippen LogP contribution in [0.5, 0.6) is 0 Å². The van der Waals surface area contributed by atoms with Gasteiger partial charge in [-0.15, -0.1) is 0 Å². The molecule has 0 nitrogen and oxygen atoms in total. The van der Waals surface area contributed by atoms with Gasteiger partial charge in [0.2, 0.25) is 0 Å². The van der Waals surface area contributed by atoms with Crippen LogP contribution in [0.2, 0.25) is 0 Å². The highest BCUT2D eigenvalue weighted by molar-refractivity contribution is 5.82. The third-order valence-corrected chi connectivity index (χ3v) is 1.69. The van der Waals surface area contributed by atoms with Crippen molar-refractivity contribution in [3.63, 3.8) is 0 Å². The monoisotopic (exact) mass is 163 g/mol. The maximum atomic E-state index is 13.0. The smallest absolute Gasteiger partial charge is 0.131 e. The quantitative estimate of drug-likeness (QED) is 0.560. The zero-order chi connectivity index (χ0) is 8.55. The first-order valence-electron chi connectivity index (χ1n) is 3.53. The van der Waals surface area contributed by atoms with Crippen molar-refractivity contribution in [1.82, 2.24) is 0 Å². The highest BCUT2D eigenvalue weighted by atomic mass is 19.1. The van der Waals surface area contributed by atoms with Crippen LogP contribution in [0, 0.1) is 17.7 Å². The Balaban J connectivity index is 2.86. The fourth-order valence-electron chi connectivity index (χ4n) is 1.14. The summed E-state index contributed by atoms with van der Waals surface area (Å²) in [5.74, 6) is -0.763. The highest BCUT2D eigenvalue weighted by Crippen LogP contribution is 2.17. The summed E-state index contributed by atoms with van der Waals surface area (Å²) in [6.07, 6.45) is 0. The van der Waals surface area contributed by atoms with Crippen molar-refractivity contribution in [3.8, 4) is 0 Å². The van der Waals surface area contributed by atoms with Crippen LogP contribution >= 0.6 is 0 Å². The first-order chi connectivity index (χ1) is 5.77. The summed E-state index contributed by atoms with van der Waals surface area (Å²) in [5.41, 5.74) is 0. The maximum Gasteiger partial charge on any atom is 0.131 e. The molecule has 12 heavy (non-hydrogen) atoms. The summed E-state index contributed by atoms with van der Waals surface area (Å²) < 4.78 is 25.6. The van der Waals surface area contributed by atoms with Gasteiger partial charge in [0, 0.05) is 5.39 Å². The van der Waals surface area contributed by atoms with Crippen LogP contribution in [0.15, 0.2) is 30.3 Å². The number of hydrogen-bond donors (Lipinski definition) is 0. The number of fused-ring (bicyclic) bond motifs is 1. The summed E-state index contributed by atoms with van der Waals surface area (Å²) in [4.78, 5) is 0. The molecule has 0 fully saturated rings. The van der Waals surface area contributed by atoms with Crippen molar-refractivity contribution in [3.05, 3.63) is 48.0 Å². The van der Waals surface area contributed by atoms with Crippen molar-refractivity contribution in [1.29, 1.82) is 0 Å². The lowest BCUT2D eigenvalue weighted by atomic mass is 10.1. The summed E-state index contributed by atoms with van der Waals surface area (Å²) in [6, 6.07) is 9.48. The van der Waals surface area contributed by atoms with E-state index in [0.717, 1.165) is 6.07 Å². The molecule has 0 saturated carbocycles. The van der Waals surface area contributed by atoms with Crippen LogP contribution in [0.3, 0.4) is 0 Å². The molecule has 0 unspecified atom stereocenters. The fourth-order valence-corrected chi connectivity index (χ4v) is 1.14. The van der Waals surface area contributed by atoms with Crippen molar-refractivity contribution >= 4 is 10.8 Å². The van der Waals surface area contributed by atoms with Crippen molar-refractivity contribution in [2.75, 3.05) is 0 Å². The molecule has 0 aliphatic rings. The van der Waals surface area contributed by atoms with Gasteiger partial charge in [0.25, 0.3) is 0 Å². The van der Waals surface area contributed by atoms with Crippen molar-refractivity contribution < 1.29 is 8.78 Å². The topological polar surface area (TPSA) is 0 Å². The molecule has 0 N–H and O–H groups in total. The minimum Gasteiger partial charge on any atom is -0.207 e. The molecule has 2 heteroatoms. The Morgan fingerprint density at radius 1 is 1.17 bits per heavy atom. The van der Waals surface area contributed by atoms with Crippen LogP contribution in [0.4, 0.5) is 8.78 Å². The SMILES string of the molecule is Fc1c[c]c2c(F)cccc2c1. The molecule has 59 valence electrons. The van der Waals surface area contributed by atoms with E-state index in [9.17, 15) is 8.78 Å². The molecule has 0 amide bonds. The van der Waals surface area contributed by atoms with Crippen molar-refractivity contribution in [2.45, 2.75) is 0 Å². The largest absolute Gasteiger partial charge is 0.207 e. The fraction of sp³-hybridized carbons (Fsp3) is 0. The Kier molecular flexibility index (Phi) is 1.54. The maximum absolute atomic E-state index is 13.0. The summed E-state index contributed by atoms with van der Waals surface area (Å²) in [7, 11) is 0. The Bertz CT molecular complexity index is 421. The predicted molar refractivity (Wildman–Crippen MR) is 42.7 cm³/mol. The number of rotatable bonds is 0. The lowest BCUT2D eigenvalue weighted by molar-refractivity contribution is 0.626. The van der Waals surface area contributed by atoms with Gasteiger partial charge in [-0.05, 0) is 29.7 Å². The molecule has 0 spiro atoms. The van der Waals surface area contributed by atoms with E-state index in [4.69, 9.17) is 0 Å². The van der Waals surface area contributed by atoms with Crippen LogP contribution in [0.1, 0.15) is 0 Å². The molecule has 0 aromatic heterocycles. The molecule has 0 aliphatic carbocycles. The summed E-state index contributed by atoms with van der Waals surface area (Å²) in [5, 5.41) is 0.869. The van der Waals surface area contributed by atoms with Crippen molar-refractivity contribution in [2.24, 2.45) is 0 Å². The normalized spacial score (nSPS) is 10.5. The molecule has 2 rings (SSSR count). The van der Waals surface area contributed by atoms with E-state index in [-0.39, 0.29) is 5.82 Å². The Morgan fingerprint density at radius 2 is 2.00 bits per heavy atom. The average Bonchev–Trinajstić information content (AvgIpc) is 2.04. The molecule has 2 aromatic rings. The molecule has 0 bridgehead atoms. The second-order valence-electron chi connectivity index (χ2n) is 2.52. The minimum absolute atomic E-state index is 0.332. The number of halogens is 2. The van der Waals surface area contributed by atoms with Gasteiger partial charge in [-0.3, -0.25) is 0 Å². The third kappa shape index (κ3) is 1.05. The zero-order valence-corrected chi connectivity index (χ0v) is 6.14. The standard InChI is InChI=1S/C10H5F2/c11-8-4-5-9-7(6-8)2-1-3-10(9)12/h1-4,6H. The lowest BCUT2D eigenvalue weighted by Crippen LogP contribution is -1.80. The van der Waals surface area contributed by atoms with E-state index >= 15 is 0 Å². The van der Waals surface area contributed by atoms with Gasteiger partial charge < -0.3 is 0 Å². The first-order valence-corrected chi connectivity index (χ1v) is 3.53. The van der Waals surface area contributed by atoms with E-state index < -0.39 is 5.82 Å². The Labute approximate surface area is 68.4 Å². The van der Waals surface area contributed by atoms with E-state index in [0.29, 0.717) is 10.8 Å². The molecule has 0 heterocycles. The van der Waals surface area contributed by atoms with Gasteiger partial charge in [0.15, 0.2) is 0 Å². The van der Waals surface area contributed by atoms with Gasteiger partial charge >= 0.3 is 0 Å². The number of hydrogen-bond acceptors (Lipinski definition) is 0. The van der Waals surface area contributed by atoms with E-state index in [2.05, 4.69) is 6.07 Å². The van der Waals surface area contributed by atoms with Crippen LogP contribution in [0.25, 0.3) is 10.8 Å². The molecule has 0 aliphatic heterocycles. The predicted octanol–water partition coefficient (Wildman–Crippen LogP) is 2.92. The second kappa shape index (κ2) is 2.55. The van der Waals surface area contributed by atoms with Gasteiger partial charge in [-0.1, -0.05) is 12.1 Å². The summed E-state index contributed by atoms with van der Waals surface area (Å²) in [6.45, 7) is 0. The van der Waals surface area contributed by atoms with Crippen LogP contribution < -0.4 is 0 Å². The molecule has 0 saturated heterocycles. The van der Waals surface area contributed by atoms with Gasteiger partial charge in [-0.2, -0.15) is 0 Å². The molecular formula is C10H5F2. The first kappa shape index (κ1) is 7.22. The second-order valence-corrected chi connectivity index (χ2v) is 2.52. The number of benzene rings is 2. The third-order valence-electron chi connectivity index (χ3n) is 1.69. The van der Waals surface area contributed by atoms with Crippen LogP contribution in [-0.4, -0.2) is 0 Å². The molecule has 2 aromatic carbocycles. The van der Waals surface area contributed by atoms with Gasteiger partial charge in [0.1, 0.15) is 11.6 Å². The lowest BCUT2D eigenvalue weighted by Gasteiger charge is -1.97. The molecular weight excluding hydrogens is 158 g/mol. The Morgan fingerprint density at radius 3 is 2.83 bits per heavy atom. The highest BCUT2D eigenvalue weighted by Gasteiger charge is 1.99. The van der Waals surface area contributed by atoms with Crippen LogP contribution in [-0.2, 0) is 0 Å². The van der Waals surface area contributed by atoms with Gasteiger partial charge in [-0.25, -0.2) is 8.78 Å². The molecule has 0 atom stereocenters. The van der Waals surface area contributed by atoms with E-state index in [1.165, 1.54) is 12.1 Å². The van der Waals surface area contributed by atoms with E-state index in [1.807, 2.05) is 0 Å². The minimum atomic E-state index is -0.395. The van der Waals surface area contributed by atoms with E-state index in [1.54, 1.807) is 12.1 Å². The van der Waals surface area contributed by atoms with Gasteiger partial charge in [0.05, 0.1) is 0 Å². The Hall–Kier alpha value is -1.44. The average molecular weight is 163 g/mol. The zero-order valence-electron chi connectivity index (χ0n) is 6.14.